The van der Waals surface area contributed by atoms with Crippen LogP contribution in [0, 0.1) is 6.92 Å². The maximum atomic E-state index is 5.79. The van der Waals surface area contributed by atoms with Crippen molar-refractivity contribution >= 4 is 27.3 Å². The molecule has 0 fully saturated rings. The number of aryl methyl sites for hydroxylation is 1. The Morgan fingerprint density at radius 3 is 3.06 bits per heavy atom. The molecular formula is C13H11BrOS. The van der Waals surface area contributed by atoms with Crippen LogP contribution >= 0.6 is 27.3 Å². The lowest BCUT2D eigenvalue weighted by molar-refractivity contribution is 0.326. The highest BCUT2D eigenvalue weighted by atomic mass is 79.9. The van der Waals surface area contributed by atoms with E-state index in [9.17, 15) is 0 Å². The van der Waals surface area contributed by atoms with Crippen molar-refractivity contribution in [1.82, 2.24) is 0 Å². The van der Waals surface area contributed by atoms with Crippen molar-refractivity contribution in [1.29, 1.82) is 0 Å². The van der Waals surface area contributed by atoms with Crippen molar-refractivity contribution in [3.63, 3.8) is 0 Å². The van der Waals surface area contributed by atoms with Gasteiger partial charge in [-0.1, -0.05) is 15.9 Å². The second-order valence-corrected chi connectivity index (χ2v) is 6.12. The van der Waals surface area contributed by atoms with Crippen LogP contribution in [-0.4, -0.2) is 6.61 Å². The van der Waals surface area contributed by atoms with E-state index in [1.807, 2.05) is 11.3 Å². The first-order chi connectivity index (χ1) is 7.74. The number of fused-ring (bicyclic) bond motifs is 3. The van der Waals surface area contributed by atoms with Gasteiger partial charge in [-0.15, -0.1) is 11.3 Å². The van der Waals surface area contributed by atoms with Crippen LogP contribution in [0.25, 0.3) is 10.4 Å². The summed E-state index contributed by atoms with van der Waals surface area (Å²) in [5.41, 5.74) is 2.65. The van der Waals surface area contributed by atoms with Crippen LogP contribution in [0.5, 0.6) is 5.75 Å². The van der Waals surface area contributed by atoms with E-state index in [1.165, 1.54) is 20.9 Å². The van der Waals surface area contributed by atoms with Gasteiger partial charge in [-0.2, -0.15) is 0 Å². The third-order valence-corrected chi connectivity index (χ3v) is 4.37. The molecule has 3 rings (SSSR count). The standard InChI is InChI=1S/C13H11BrOS/c1-8-6-9-4-5-15-12-7-10(14)2-3-11(12)13(9)16-8/h2-3,6-7H,4-5H2,1H3. The van der Waals surface area contributed by atoms with Crippen LogP contribution in [0.1, 0.15) is 10.4 Å². The molecule has 0 spiro atoms. The predicted octanol–water partition coefficient (Wildman–Crippen LogP) is 4.42. The van der Waals surface area contributed by atoms with Gasteiger partial charge in [0.25, 0.3) is 0 Å². The van der Waals surface area contributed by atoms with Crippen LogP contribution in [0.4, 0.5) is 0 Å². The largest absolute Gasteiger partial charge is 0.493 e. The number of ether oxygens (including phenoxy) is 1. The lowest BCUT2D eigenvalue weighted by atomic mass is 10.1. The van der Waals surface area contributed by atoms with E-state index >= 15 is 0 Å². The zero-order valence-corrected chi connectivity index (χ0v) is 11.3. The highest BCUT2D eigenvalue weighted by Gasteiger charge is 2.17. The highest BCUT2D eigenvalue weighted by molar-refractivity contribution is 9.10. The third kappa shape index (κ3) is 1.68. The number of hydrogen-bond donors (Lipinski definition) is 0. The molecule has 0 amide bonds. The molecule has 2 heterocycles. The zero-order chi connectivity index (χ0) is 11.1. The molecule has 0 radical (unpaired) electrons. The molecule has 82 valence electrons. The monoisotopic (exact) mass is 294 g/mol. The first-order valence-electron chi connectivity index (χ1n) is 5.26. The van der Waals surface area contributed by atoms with Crippen molar-refractivity contribution in [2.75, 3.05) is 6.61 Å². The molecule has 0 aliphatic carbocycles. The molecule has 2 aromatic rings. The van der Waals surface area contributed by atoms with Crippen molar-refractivity contribution < 1.29 is 4.74 Å². The minimum atomic E-state index is 0.770. The van der Waals surface area contributed by atoms with Crippen molar-refractivity contribution in [3.8, 4) is 16.2 Å². The summed E-state index contributed by atoms with van der Waals surface area (Å²) in [6.07, 6.45) is 1.01. The first-order valence-corrected chi connectivity index (χ1v) is 6.87. The topological polar surface area (TPSA) is 9.23 Å². The quantitative estimate of drug-likeness (QED) is 0.699. The summed E-state index contributed by atoms with van der Waals surface area (Å²) in [7, 11) is 0. The van der Waals surface area contributed by atoms with Crippen LogP contribution < -0.4 is 4.74 Å². The average Bonchev–Trinajstić information content (AvgIpc) is 2.52. The Balaban J connectivity index is 2.24. The van der Waals surface area contributed by atoms with Gasteiger partial charge in [0.15, 0.2) is 0 Å². The van der Waals surface area contributed by atoms with E-state index in [-0.39, 0.29) is 0 Å². The van der Waals surface area contributed by atoms with Crippen LogP contribution in [0.15, 0.2) is 28.7 Å². The molecule has 16 heavy (non-hydrogen) atoms. The van der Waals surface area contributed by atoms with Gasteiger partial charge in [-0.3, -0.25) is 0 Å². The van der Waals surface area contributed by atoms with E-state index in [0.717, 1.165) is 23.2 Å². The number of benzene rings is 1. The zero-order valence-electron chi connectivity index (χ0n) is 8.92. The highest BCUT2D eigenvalue weighted by Crippen LogP contribution is 2.41. The summed E-state index contributed by atoms with van der Waals surface area (Å²) in [5, 5.41) is 0. The molecule has 1 aromatic carbocycles. The van der Waals surface area contributed by atoms with Gasteiger partial charge in [0, 0.05) is 26.2 Å². The van der Waals surface area contributed by atoms with E-state index in [4.69, 9.17) is 4.74 Å². The number of rotatable bonds is 0. The maximum Gasteiger partial charge on any atom is 0.129 e. The smallest absolute Gasteiger partial charge is 0.129 e. The SMILES string of the molecule is Cc1cc2c(s1)-c1ccc(Br)cc1OCC2. The fraction of sp³-hybridized carbons (Fsp3) is 0.231. The van der Waals surface area contributed by atoms with E-state index in [1.54, 1.807) is 0 Å². The predicted molar refractivity (Wildman–Crippen MR) is 71.4 cm³/mol. The Morgan fingerprint density at radius 2 is 2.19 bits per heavy atom. The van der Waals surface area contributed by atoms with Gasteiger partial charge in [0.2, 0.25) is 0 Å². The van der Waals surface area contributed by atoms with Gasteiger partial charge in [0.05, 0.1) is 6.61 Å². The molecule has 0 saturated carbocycles. The van der Waals surface area contributed by atoms with Crippen molar-refractivity contribution in [2.24, 2.45) is 0 Å². The Labute approximate surface area is 107 Å². The Kier molecular flexibility index (Phi) is 2.52. The minimum absolute atomic E-state index is 0.770. The molecule has 0 N–H and O–H groups in total. The molecule has 1 aliphatic rings. The maximum absolute atomic E-state index is 5.79. The number of halogens is 1. The molecule has 3 heteroatoms. The first kappa shape index (κ1) is 10.4. The molecule has 1 aromatic heterocycles. The number of thiophene rings is 1. The Morgan fingerprint density at radius 1 is 1.31 bits per heavy atom. The van der Waals surface area contributed by atoms with Gasteiger partial charge >= 0.3 is 0 Å². The second-order valence-electron chi connectivity index (χ2n) is 3.95. The fourth-order valence-electron chi connectivity index (χ4n) is 2.05. The van der Waals surface area contributed by atoms with Crippen LogP contribution in [0.2, 0.25) is 0 Å². The molecule has 0 saturated heterocycles. The lowest BCUT2D eigenvalue weighted by Crippen LogP contribution is -1.98. The molecule has 0 bridgehead atoms. The summed E-state index contributed by atoms with van der Waals surface area (Å²) < 4.78 is 6.86. The third-order valence-electron chi connectivity index (χ3n) is 2.75. The summed E-state index contributed by atoms with van der Waals surface area (Å²) >= 11 is 5.34. The number of hydrogen-bond acceptors (Lipinski definition) is 2. The molecule has 1 aliphatic heterocycles. The fourth-order valence-corrected chi connectivity index (χ4v) is 3.49. The lowest BCUT2D eigenvalue weighted by Gasteiger charge is -2.07. The van der Waals surface area contributed by atoms with Gasteiger partial charge < -0.3 is 4.74 Å². The van der Waals surface area contributed by atoms with Crippen molar-refractivity contribution in [2.45, 2.75) is 13.3 Å². The van der Waals surface area contributed by atoms with E-state index in [0.29, 0.717) is 0 Å². The van der Waals surface area contributed by atoms with Crippen LogP contribution in [0.3, 0.4) is 0 Å². The normalized spacial score (nSPS) is 13.6. The molecule has 0 unspecified atom stereocenters. The van der Waals surface area contributed by atoms with Gasteiger partial charge in [-0.25, -0.2) is 0 Å². The Bertz CT molecular complexity index is 545. The van der Waals surface area contributed by atoms with Crippen molar-refractivity contribution in [3.05, 3.63) is 39.2 Å². The molecule has 1 nitrogen and oxygen atoms in total. The summed E-state index contributed by atoms with van der Waals surface area (Å²) in [4.78, 5) is 2.75. The Hall–Kier alpha value is -0.800. The molecule has 0 atom stereocenters. The summed E-state index contributed by atoms with van der Waals surface area (Å²) in [6, 6.07) is 8.55. The summed E-state index contributed by atoms with van der Waals surface area (Å²) in [5.74, 6) is 0.995. The average molecular weight is 295 g/mol. The minimum Gasteiger partial charge on any atom is -0.493 e. The van der Waals surface area contributed by atoms with Gasteiger partial charge in [-0.05, 0) is 36.8 Å². The van der Waals surface area contributed by atoms with Crippen LogP contribution in [-0.2, 0) is 6.42 Å². The summed E-state index contributed by atoms with van der Waals surface area (Å²) in [6.45, 7) is 2.94. The van der Waals surface area contributed by atoms with Gasteiger partial charge in [0.1, 0.15) is 5.75 Å². The van der Waals surface area contributed by atoms with E-state index < -0.39 is 0 Å². The molecular weight excluding hydrogens is 284 g/mol. The van der Waals surface area contributed by atoms with E-state index in [2.05, 4.69) is 47.1 Å². The second kappa shape index (κ2) is 3.90.